The van der Waals surface area contributed by atoms with Crippen molar-refractivity contribution in [2.24, 2.45) is 11.7 Å². The summed E-state index contributed by atoms with van der Waals surface area (Å²) in [6.45, 7) is 2.53. The van der Waals surface area contributed by atoms with Crippen LogP contribution in [0, 0.1) is 5.92 Å². The smallest absolute Gasteiger partial charge is 0.150 e. The molecule has 0 radical (unpaired) electrons. The van der Waals surface area contributed by atoms with E-state index in [1.807, 2.05) is 25.1 Å². The average molecular weight is 348 g/mol. The van der Waals surface area contributed by atoms with Gasteiger partial charge in [-0.1, -0.05) is 6.07 Å². The van der Waals surface area contributed by atoms with Gasteiger partial charge in [0, 0.05) is 6.04 Å². The number of rotatable bonds is 4. The van der Waals surface area contributed by atoms with E-state index in [2.05, 4.69) is 15.9 Å². The first-order valence-electron chi connectivity index (χ1n) is 6.31. The number of nitrogens with two attached hydrogens (primary N) is 1. The van der Waals surface area contributed by atoms with Gasteiger partial charge < -0.3 is 10.5 Å². The molecule has 0 bridgehead atoms. The van der Waals surface area contributed by atoms with Crippen molar-refractivity contribution in [2.45, 2.75) is 19.4 Å². The van der Waals surface area contributed by atoms with E-state index in [1.165, 1.54) is 0 Å². The Morgan fingerprint density at radius 1 is 1.53 bits per heavy atom. The lowest BCUT2D eigenvalue weighted by molar-refractivity contribution is 0.337. The molecule has 0 amide bonds. The number of benzene rings is 1. The Labute approximate surface area is 122 Å². The first-order valence-corrected chi connectivity index (χ1v) is 8.92. The number of halogens is 1. The van der Waals surface area contributed by atoms with Gasteiger partial charge in [0.2, 0.25) is 0 Å². The monoisotopic (exact) mass is 347 g/mol. The summed E-state index contributed by atoms with van der Waals surface area (Å²) < 4.78 is 29.3. The molecule has 1 aliphatic rings. The van der Waals surface area contributed by atoms with Crippen LogP contribution in [-0.4, -0.2) is 26.5 Å². The number of hydrogen-bond acceptors (Lipinski definition) is 4. The minimum Gasteiger partial charge on any atom is -0.493 e. The van der Waals surface area contributed by atoms with E-state index in [0.717, 1.165) is 15.8 Å². The second-order valence-electron chi connectivity index (χ2n) is 4.81. The topological polar surface area (TPSA) is 69.4 Å². The Morgan fingerprint density at radius 3 is 2.79 bits per heavy atom. The fourth-order valence-corrected chi connectivity index (χ4v) is 4.74. The van der Waals surface area contributed by atoms with Gasteiger partial charge in [-0.05, 0) is 52.9 Å². The van der Waals surface area contributed by atoms with E-state index >= 15 is 0 Å². The highest BCUT2D eigenvalue weighted by Crippen LogP contribution is 2.33. The van der Waals surface area contributed by atoms with Crippen LogP contribution in [0.15, 0.2) is 22.7 Å². The normalized spacial score (nSPS) is 23.2. The van der Waals surface area contributed by atoms with Crippen LogP contribution in [0.5, 0.6) is 5.75 Å². The Morgan fingerprint density at radius 2 is 2.26 bits per heavy atom. The molecule has 2 atom stereocenters. The van der Waals surface area contributed by atoms with E-state index < -0.39 is 9.84 Å². The van der Waals surface area contributed by atoms with Crippen molar-refractivity contribution in [2.75, 3.05) is 18.1 Å². The Kier molecular flexibility index (Phi) is 4.53. The molecule has 2 rings (SSSR count). The van der Waals surface area contributed by atoms with Gasteiger partial charge in [-0.2, -0.15) is 0 Å². The maximum absolute atomic E-state index is 11.5. The lowest BCUT2D eigenvalue weighted by Gasteiger charge is -2.19. The van der Waals surface area contributed by atoms with Crippen LogP contribution in [-0.2, 0) is 9.84 Å². The van der Waals surface area contributed by atoms with Gasteiger partial charge in [-0.3, -0.25) is 0 Å². The van der Waals surface area contributed by atoms with Crippen LogP contribution >= 0.6 is 15.9 Å². The molecule has 0 aliphatic carbocycles. The largest absolute Gasteiger partial charge is 0.493 e. The number of ether oxygens (including phenoxy) is 1. The lowest BCUT2D eigenvalue weighted by atomic mass is 9.93. The minimum atomic E-state index is -2.89. The van der Waals surface area contributed by atoms with Crippen molar-refractivity contribution >= 4 is 25.8 Å². The van der Waals surface area contributed by atoms with Gasteiger partial charge in [0.05, 0.1) is 22.6 Å². The first-order chi connectivity index (χ1) is 8.93. The van der Waals surface area contributed by atoms with Crippen molar-refractivity contribution in [3.8, 4) is 5.75 Å². The second-order valence-corrected chi connectivity index (χ2v) is 7.89. The molecule has 106 valence electrons. The maximum atomic E-state index is 11.5. The molecule has 2 unspecified atom stereocenters. The van der Waals surface area contributed by atoms with Crippen LogP contribution in [0.1, 0.15) is 24.9 Å². The summed E-state index contributed by atoms with van der Waals surface area (Å²) in [5, 5.41) is 0. The van der Waals surface area contributed by atoms with Crippen LogP contribution in [0.3, 0.4) is 0 Å². The SMILES string of the molecule is CCOc1ccc(C(N)C2CCS(=O)(=O)C2)cc1Br. The molecular formula is C13H18BrNO3S. The third-order valence-corrected chi connectivity index (χ3v) is 5.83. The minimum absolute atomic E-state index is 0.00911. The zero-order valence-electron chi connectivity index (χ0n) is 10.8. The zero-order chi connectivity index (χ0) is 14.0. The third-order valence-electron chi connectivity index (χ3n) is 3.42. The molecule has 6 heteroatoms. The van der Waals surface area contributed by atoms with Gasteiger partial charge >= 0.3 is 0 Å². The Hall–Kier alpha value is -0.590. The van der Waals surface area contributed by atoms with Crippen LogP contribution in [0.2, 0.25) is 0 Å². The molecule has 1 saturated heterocycles. The highest BCUT2D eigenvalue weighted by molar-refractivity contribution is 9.10. The summed E-state index contributed by atoms with van der Waals surface area (Å²) >= 11 is 3.45. The molecule has 19 heavy (non-hydrogen) atoms. The van der Waals surface area contributed by atoms with Crippen molar-refractivity contribution in [3.63, 3.8) is 0 Å². The van der Waals surface area contributed by atoms with Gasteiger partial charge in [-0.15, -0.1) is 0 Å². The summed E-state index contributed by atoms with van der Waals surface area (Å²) in [6, 6.07) is 5.45. The van der Waals surface area contributed by atoms with Crippen LogP contribution in [0.25, 0.3) is 0 Å². The highest BCUT2D eigenvalue weighted by atomic mass is 79.9. The molecule has 0 saturated carbocycles. The zero-order valence-corrected chi connectivity index (χ0v) is 13.2. The molecule has 2 N–H and O–H groups in total. The quantitative estimate of drug-likeness (QED) is 0.906. The van der Waals surface area contributed by atoms with Crippen molar-refractivity contribution < 1.29 is 13.2 Å². The Bertz CT molecular complexity index is 559. The standard InChI is InChI=1S/C13H18BrNO3S/c1-2-18-12-4-3-9(7-11(12)14)13(15)10-5-6-19(16,17)8-10/h3-4,7,10,13H,2,5-6,8,15H2,1H3. The summed E-state index contributed by atoms with van der Waals surface area (Å²) in [5.74, 6) is 1.23. The summed E-state index contributed by atoms with van der Waals surface area (Å²) in [5.41, 5.74) is 7.13. The average Bonchev–Trinajstić information content (AvgIpc) is 2.71. The van der Waals surface area contributed by atoms with E-state index in [4.69, 9.17) is 10.5 Å². The second kappa shape index (κ2) is 5.81. The molecule has 4 nitrogen and oxygen atoms in total. The highest BCUT2D eigenvalue weighted by Gasteiger charge is 2.32. The predicted molar refractivity (Wildman–Crippen MR) is 79.0 cm³/mol. The van der Waals surface area contributed by atoms with Gasteiger partial charge in [0.15, 0.2) is 9.84 Å². The third kappa shape index (κ3) is 3.49. The molecular weight excluding hydrogens is 330 g/mol. The van der Waals surface area contributed by atoms with Crippen molar-refractivity contribution in [3.05, 3.63) is 28.2 Å². The first kappa shape index (κ1) is 14.8. The number of hydrogen-bond donors (Lipinski definition) is 1. The molecule has 1 aromatic carbocycles. The van der Waals surface area contributed by atoms with Crippen molar-refractivity contribution in [1.29, 1.82) is 0 Å². The van der Waals surface area contributed by atoms with Crippen molar-refractivity contribution in [1.82, 2.24) is 0 Å². The summed E-state index contributed by atoms with van der Waals surface area (Å²) in [7, 11) is -2.89. The maximum Gasteiger partial charge on any atom is 0.150 e. The van der Waals surface area contributed by atoms with E-state index in [9.17, 15) is 8.42 Å². The van der Waals surface area contributed by atoms with E-state index in [-0.39, 0.29) is 23.5 Å². The van der Waals surface area contributed by atoms with Crippen LogP contribution < -0.4 is 10.5 Å². The van der Waals surface area contributed by atoms with E-state index in [1.54, 1.807) is 0 Å². The van der Waals surface area contributed by atoms with Gasteiger partial charge in [-0.25, -0.2) is 8.42 Å². The fraction of sp³-hybridized carbons (Fsp3) is 0.538. The van der Waals surface area contributed by atoms with Crippen LogP contribution in [0.4, 0.5) is 0 Å². The molecule has 0 spiro atoms. The Balaban J connectivity index is 2.16. The molecule has 1 aliphatic heterocycles. The lowest BCUT2D eigenvalue weighted by Crippen LogP contribution is -2.22. The summed E-state index contributed by atoms with van der Waals surface area (Å²) in [6.07, 6.45) is 0.647. The number of sulfone groups is 1. The molecule has 0 aromatic heterocycles. The fourth-order valence-electron chi connectivity index (χ4n) is 2.38. The summed E-state index contributed by atoms with van der Waals surface area (Å²) in [4.78, 5) is 0. The van der Waals surface area contributed by atoms with Gasteiger partial charge in [0.25, 0.3) is 0 Å². The molecule has 1 aromatic rings. The molecule has 1 fully saturated rings. The van der Waals surface area contributed by atoms with E-state index in [0.29, 0.717) is 13.0 Å². The molecule has 1 heterocycles. The predicted octanol–water partition coefficient (Wildman–Crippen LogP) is 2.28. The van der Waals surface area contributed by atoms with Gasteiger partial charge in [0.1, 0.15) is 5.75 Å².